The Labute approximate surface area is 395 Å². The maximum Gasteiger partial charge on any atom is 0.159 e. The first kappa shape index (κ1) is 37.0. The molecule has 11 aromatic carbocycles. The average molecular weight is 880 g/mol. The Bertz CT molecular complexity index is 4510. The van der Waals surface area contributed by atoms with Crippen molar-refractivity contribution in [1.82, 2.24) is 0 Å². The predicted molar refractivity (Wildman–Crippen MR) is 282 cm³/mol. The minimum atomic E-state index is -0.608. The summed E-state index contributed by atoms with van der Waals surface area (Å²) in [5.41, 5.74) is 19.9. The SMILES string of the molecule is c1ccc(N(c2ccc3oc4ccc(-c5ccc6c(c5)C5(c7ccccc7-6)c6ccc7c(oc8ccccc87)c6-c6cccc7cccc5c67)cc4c3c2)c2cccc3c2oc2ccccc23)cc1. The van der Waals surface area contributed by atoms with Crippen molar-refractivity contribution in [1.29, 1.82) is 0 Å². The van der Waals surface area contributed by atoms with Gasteiger partial charge in [0.25, 0.3) is 0 Å². The molecule has 16 rings (SSSR count). The summed E-state index contributed by atoms with van der Waals surface area (Å²) in [5, 5.41) is 9.07. The number of nitrogens with zero attached hydrogens (tertiary/aromatic N) is 1. The topological polar surface area (TPSA) is 42.7 Å². The lowest BCUT2D eigenvalue weighted by molar-refractivity contribution is 0.666. The van der Waals surface area contributed by atoms with Crippen LogP contribution >= 0.6 is 0 Å². The highest BCUT2D eigenvalue weighted by Crippen LogP contribution is 2.63. The summed E-state index contributed by atoms with van der Waals surface area (Å²) in [6.45, 7) is 0. The second-order valence-electron chi connectivity index (χ2n) is 18.6. The van der Waals surface area contributed by atoms with Gasteiger partial charge >= 0.3 is 0 Å². The van der Waals surface area contributed by atoms with Crippen LogP contribution in [0.1, 0.15) is 22.3 Å². The molecule has 1 unspecified atom stereocenters. The van der Waals surface area contributed by atoms with Crippen LogP contribution in [0, 0.1) is 0 Å². The largest absolute Gasteiger partial charge is 0.456 e. The highest BCUT2D eigenvalue weighted by atomic mass is 16.3. The minimum Gasteiger partial charge on any atom is -0.456 e. The van der Waals surface area contributed by atoms with Crippen LogP contribution in [0.3, 0.4) is 0 Å². The van der Waals surface area contributed by atoms with E-state index in [1.165, 1.54) is 55.3 Å². The van der Waals surface area contributed by atoms with Crippen LogP contribution in [0.25, 0.3) is 110 Å². The van der Waals surface area contributed by atoms with E-state index < -0.39 is 5.41 Å². The maximum atomic E-state index is 6.93. The Morgan fingerprint density at radius 3 is 1.78 bits per heavy atom. The maximum absolute atomic E-state index is 6.93. The number of benzene rings is 11. The van der Waals surface area contributed by atoms with Gasteiger partial charge in [0.05, 0.1) is 11.1 Å². The number of anilines is 3. The van der Waals surface area contributed by atoms with Crippen molar-refractivity contribution >= 4 is 93.7 Å². The van der Waals surface area contributed by atoms with E-state index >= 15 is 0 Å². The molecule has 0 N–H and O–H groups in total. The van der Waals surface area contributed by atoms with Gasteiger partial charge in [0.15, 0.2) is 5.58 Å². The van der Waals surface area contributed by atoms with Crippen LogP contribution in [0.2, 0.25) is 0 Å². The lowest BCUT2D eigenvalue weighted by Gasteiger charge is -2.40. The molecular formula is C65H37NO3. The van der Waals surface area contributed by atoms with Gasteiger partial charge in [0.1, 0.15) is 27.9 Å². The van der Waals surface area contributed by atoms with Crippen LogP contribution in [0.15, 0.2) is 238 Å². The molecule has 0 saturated carbocycles. The number of hydrogen-bond donors (Lipinski definition) is 0. The molecule has 0 fully saturated rings. The monoisotopic (exact) mass is 879 g/mol. The molecule has 1 atom stereocenters. The van der Waals surface area contributed by atoms with E-state index in [4.69, 9.17) is 13.3 Å². The second-order valence-corrected chi connectivity index (χ2v) is 18.6. The van der Waals surface area contributed by atoms with Crippen LogP contribution in [-0.2, 0) is 5.41 Å². The molecule has 69 heavy (non-hydrogen) atoms. The Morgan fingerprint density at radius 2 is 0.928 bits per heavy atom. The molecule has 0 amide bonds. The van der Waals surface area contributed by atoms with Crippen LogP contribution in [0.5, 0.6) is 0 Å². The van der Waals surface area contributed by atoms with Gasteiger partial charge in [-0.15, -0.1) is 0 Å². The second kappa shape index (κ2) is 13.5. The van der Waals surface area contributed by atoms with E-state index in [2.05, 4.69) is 217 Å². The molecule has 14 aromatic rings. The lowest BCUT2D eigenvalue weighted by atomic mass is 9.61. The van der Waals surface area contributed by atoms with Crippen LogP contribution in [0.4, 0.5) is 17.1 Å². The first-order valence-corrected chi connectivity index (χ1v) is 23.6. The van der Waals surface area contributed by atoms with Crippen molar-refractivity contribution in [2.75, 3.05) is 4.90 Å². The fourth-order valence-corrected chi connectivity index (χ4v) is 12.4. The molecule has 0 radical (unpaired) electrons. The zero-order chi connectivity index (χ0) is 45.0. The van der Waals surface area contributed by atoms with E-state index in [0.717, 1.165) is 94.0 Å². The number of para-hydroxylation sites is 4. The van der Waals surface area contributed by atoms with Crippen molar-refractivity contribution in [3.05, 3.63) is 247 Å². The minimum absolute atomic E-state index is 0.608. The van der Waals surface area contributed by atoms with Crippen molar-refractivity contribution < 1.29 is 13.3 Å². The first-order chi connectivity index (χ1) is 34.2. The number of furan rings is 3. The van der Waals surface area contributed by atoms with Gasteiger partial charge in [-0.1, -0.05) is 158 Å². The van der Waals surface area contributed by atoms with Gasteiger partial charge < -0.3 is 18.2 Å². The fraction of sp³-hybridized carbons (Fsp3) is 0.0154. The zero-order valence-corrected chi connectivity index (χ0v) is 37.0. The molecular weight excluding hydrogens is 843 g/mol. The highest BCUT2D eigenvalue weighted by Gasteiger charge is 2.51. The fourth-order valence-electron chi connectivity index (χ4n) is 12.4. The molecule has 1 spiro atoms. The van der Waals surface area contributed by atoms with Crippen molar-refractivity contribution in [3.63, 3.8) is 0 Å². The molecule has 4 heteroatoms. The lowest BCUT2D eigenvalue weighted by Crippen LogP contribution is -2.31. The molecule has 2 aliphatic rings. The normalized spacial score (nSPS) is 14.7. The van der Waals surface area contributed by atoms with Gasteiger partial charge in [-0.25, -0.2) is 0 Å². The van der Waals surface area contributed by atoms with Gasteiger partial charge in [-0.3, -0.25) is 0 Å². The molecule has 3 aromatic heterocycles. The van der Waals surface area contributed by atoms with Crippen LogP contribution < -0.4 is 4.90 Å². The average Bonchev–Trinajstić information content (AvgIpc) is 4.17. The van der Waals surface area contributed by atoms with Gasteiger partial charge in [0.2, 0.25) is 0 Å². The molecule has 0 saturated heterocycles. The van der Waals surface area contributed by atoms with E-state index in [9.17, 15) is 0 Å². The Kier molecular flexibility index (Phi) is 7.24. The third-order valence-corrected chi connectivity index (χ3v) is 15.3. The van der Waals surface area contributed by atoms with E-state index in [1.54, 1.807) is 0 Å². The van der Waals surface area contributed by atoms with Crippen molar-refractivity contribution in [2.24, 2.45) is 0 Å². The highest BCUT2D eigenvalue weighted by molar-refractivity contribution is 6.17. The summed E-state index contributed by atoms with van der Waals surface area (Å²) in [5.74, 6) is 0. The summed E-state index contributed by atoms with van der Waals surface area (Å²) in [7, 11) is 0. The summed E-state index contributed by atoms with van der Waals surface area (Å²) in [6, 6.07) is 81.3. The number of rotatable bonds is 4. The standard InChI is InChI=1S/C65H37NO3/c1-2-15-41(16-3-1)66(56-24-12-20-47-45-18-5-8-25-57(45)68-63(47)56)42-29-34-60-51(37-42)50-35-39(28-33-59(50)67-60)40-27-30-44-43-17-4-7-22-52(43)65(55(44)36-40)53-23-11-14-38-13-10-21-49(61(38)53)62-54(65)32-31-48-46-19-6-9-26-58(46)69-64(48)62/h1-37H. The van der Waals surface area contributed by atoms with E-state index in [0.29, 0.717) is 0 Å². The zero-order valence-electron chi connectivity index (χ0n) is 37.0. The van der Waals surface area contributed by atoms with Gasteiger partial charge in [-0.05, 0) is 128 Å². The van der Waals surface area contributed by atoms with Crippen LogP contribution in [-0.4, -0.2) is 0 Å². The third kappa shape index (κ3) is 4.87. The Balaban J connectivity index is 0.912. The van der Waals surface area contributed by atoms with E-state index in [-0.39, 0.29) is 0 Å². The van der Waals surface area contributed by atoms with E-state index in [1.807, 2.05) is 12.1 Å². The van der Waals surface area contributed by atoms with Gasteiger partial charge in [-0.2, -0.15) is 0 Å². The summed E-state index contributed by atoms with van der Waals surface area (Å²) in [4.78, 5) is 2.30. The molecule has 0 bridgehead atoms. The summed E-state index contributed by atoms with van der Waals surface area (Å²) >= 11 is 0. The first-order valence-electron chi connectivity index (χ1n) is 23.6. The Hall–Kier alpha value is -9.12. The van der Waals surface area contributed by atoms with Crippen molar-refractivity contribution in [3.8, 4) is 33.4 Å². The summed E-state index contributed by atoms with van der Waals surface area (Å²) in [6.07, 6.45) is 0. The smallest absolute Gasteiger partial charge is 0.159 e. The molecule has 3 heterocycles. The quantitative estimate of drug-likeness (QED) is 0.177. The molecule has 4 nitrogen and oxygen atoms in total. The number of hydrogen-bond acceptors (Lipinski definition) is 4. The molecule has 320 valence electrons. The molecule has 2 aliphatic carbocycles. The number of fused-ring (bicyclic) bond motifs is 19. The third-order valence-electron chi connectivity index (χ3n) is 15.3. The summed E-state index contributed by atoms with van der Waals surface area (Å²) < 4.78 is 20.2. The van der Waals surface area contributed by atoms with Crippen molar-refractivity contribution in [2.45, 2.75) is 5.41 Å². The van der Waals surface area contributed by atoms with Gasteiger partial charge in [0, 0.05) is 49.3 Å². The predicted octanol–water partition coefficient (Wildman–Crippen LogP) is 18.0. The molecule has 0 aliphatic heterocycles. The Morgan fingerprint density at radius 1 is 0.319 bits per heavy atom.